The third kappa shape index (κ3) is 3.22. The highest BCUT2D eigenvalue weighted by atomic mass is 16.6. The summed E-state index contributed by atoms with van der Waals surface area (Å²) in [5.74, 6) is -0.695. The zero-order valence-corrected chi connectivity index (χ0v) is 10.4. The van der Waals surface area contributed by atoms with Crippen LogP contribution in [0.1, 0.15) is 0 Å². The normalized spacial score (nSPS) is 10.2. The van der Waals surface area contributed by atoms with Crippen LogP contribution < -0.4 is 4.74 Å². The van der Waals surface area contributed by atoms with E-state index in [2.05, 4.69) is 0 Å². The third-order valence-electron chi connectivity index (χ3n) is 2.61. The molecule has 0 aliphatic heterocycles. The van der Waals surface area contributed by atoms with Gasteiger partial charge in [-0.2, -0.15) is 0 Å². The van der Waals surface area contributed by atoms with Crippen LogP contribution in [-0.2, 0) is 4.79 Å². The second-order valence-electron chi connectivity index (χ2n) is 4.13. The lowest BCUT2D eigenvalue weighted by Crippen LogP contribution is -2.34. The lowest BCUT2D eigenvalue weighted by Gasteiger charge is -2.14. The lowest BCUT2D eigenvalue weighted by atomic mass is 10.1. The molecule has 2 aromatic carbocycles. The number of fused-ring (bicyclic) bond motifs is 1. The molecule has 19 heavy (non-hydrogen) atoms. The van der Waals surface area contributed by atoms with Crippen LogP contribution in [0.4, 0.5) is 4.79 Å². The molecule has 0 atom stereocenters. The Bertz CT molecular complexity index is 624. The molecule has 5 heteroatoms. The monoisotopic (exact) mass is 259 g/mol. The van der Waals surface area contributed by atoms with Crippen LogP contribution in [0.15, 0.2) is 42.5 Å². The number of aliphatic carboxylic acids is 1. The zero-order chi connectivity index (χ0) is 13.8. The lowest BCUT2D eigenvalue weighted by molar-refractivity contribution is -0.137. The van der Waals surface area contributed by atoms with Gasteiger partial charge in [0.15, 0.2) is 0 Å². The van der Waals surface area contributed by atoms with Gasteiger partial charge >= 0.3 is 12.1 Å². The van der Waals surface area contributed by atoms with Gasteiger partial charge < -0.3 is 9.84 Å². The van der Waals surface area contributed by atoms with E-state index in [1.807, 2.05) is 30.3 Å². The summed E-state index contributed by atoms with van der Waals surface area (Å²) in [6.45, 7) is -0.396. The van der Waals surface area contributed by atoms with Crippen molar-refractivity contribution in [1.29, 1.82) is 0 Å². The summed E-state index contributed by atoms with van der Waals surface area (Å²) >= 11 is 0. The van der Waals surface area contributed by atoms with Crippen LogP contribution in [0.2, 0.25) is 0 Å². The molecule has 0 fully saturated rings. The number of hydrogen-bond acceptors (Lipinski definition) is 3. The Morgan fingerprint density at radius 1 is 1.16 bits per heavy atom. The summed E-state index contributed by atoms with van der Waals surface area (Å²) in [6.07, 6.45) is -0.697. The first-order chi connectivity index (χ1) is 9.06. The van der Waals surface area contributed by atoms with Crippen molar-refractivity contribution in [1.82, 2.24) is 4.90 Å². The summed E-state index contributed by atoms with van der Waals surface area (Å²) in [6, 6.07) is 12.9. The maximum atomic E-state index is 11.6. The quantitative estimate of drug-likeness (QED) is 0.918. The van der Waals surface area contributed by atoms with Crippen molar-refractivity contribution in [3.05, 3.63) is 42.5 Å². The van der Waals surface area contributed by atoms with Gasteiger partial charge in [0.25, 0.3) is 0 Å². The molecule has 0 heterocycles. The number of carbonyl (C=O) groups excluding carboxylic acids is 1. The molecule has 5 nitrogen and oxygen atoms in total. The fourth-order valence-electron chi connectivity index (χ4n) is 1.68. The Morgan fingerprint density at radius 2 is 1.84 bits per heavy atom. The fraction of sp³-hybridized carbons (Fsp3) is 0.143. The first kappa shape index (κ1) is 12.9. The van der Waals surface area contributed by atoms with Crippen LogP contribution in [-0.4, -0.2) is 35.7 Å². The largest absolute Gasteiger partial charge is 0.480 e. The van der Waals surface area contributed by atoms with Crippen molar-refractivity contribution in [2.24, 2.45) is 0 Å². The van der Waals surface area contributed by atoms with Gasteiger partial charge in [0, 0.05) is 7.05 Å². The van der Waals surface area contributed by atoms with E-state index < -0.39 is 18.6 Å². The number of amides is 1. The molecule has 0 saturated heterocycles. The molecule has 0 saturated carbocycles. The number of benzene rings is 2. The van der Waals surface area contributed by atoms with E-state index >= 15 is 0 Å². The summed E-state index contributed by atoms with van der Waals surface area (Å²) < 4.78 is 5.11. The van der Waals surface area contributed by atoms with Crippen molar-refractivity contribution in [3.63, 3.8) is 0 Å². The molecule has 0 bridgehead atoms. The van der Waals surface area contributed by atoms with Gasteiger partial charge in [-0.05, 0) is 22.9 Å². The van der Waals surface area contributed by atoms with Crippen molar-refractivity contribution < 1.29 is 19.4 Å². The second-order valence-corrected chi connectivity index (χ2v) is 4.13. The smallest absolute Gasteiger partial charge is 0.415 e. The summed E-state index contributed by atoms with van der Waals surface area (Å²) in [5, 5.41) is 10.6. The number of nitrogens with zero attached hydrogens (tertiary/aromatic N) is 1. The maximum Gasteiger partial charge on any atom is 0.415 e. The molecule has 98 valence electrons. The number of rotatable bonds is 3. The molecule has 0 aromatic heterocycles. The minimum absolute atomic E-state index is 0.390. The van der Waals surface area contributed by atoms with Crippen molar-refractivity contribution in [2.45, 2.75) is 0 Å². The standard InChI is InChI=1S/C14H13NO4/c1-15(9-13(16)17)14(18)19-12-7-6-10-4-2-3-5-11(10)8-12/h2-8H,9H2,1H3,(H,16,17). The van der Waals surface area contributed by atoms with Gasteiger partial charge in [-0.3, -0.25) is 9.69 Å². The van der Waals surface area contributed by atoms with Crippen LogP contribution in [0.3, 0.4) is 0 Å². The number of likely N-dealkylation sites (N-methyl/N-ethyl adjacent to an activating group) is 1. The molecule has 0 aliphatic carbocycles. The topological polar surface area (TPSA) is 66.8 Å². The number of carboxylic acid groups (broad SMARTS) is 1. The fourth-order valence-corrected chi connectivity index (χ4v) is 1.68. The van der Waals surface area contributed by atoms with Crippen molar-refractivity contribution in [3.8, 4) is 5.75 Å². The first-order valence-electron chi connectivity index (χ1n) is 5.70. The van der Waals surface area contributed by atoms with Gasteiger partial charge in [0.1, 0.15) is 12.3 Å². The Hall–Kier alpha value is -2.56. The number of hydrogen-bond donors (Lipinski definition) is 1. The van der Waals surface area contributed by atoms with E-state index in [4.69, 9.17) is 9.84 Å². The molecule has 2 rings (SSSR count). The molecule has 0 spiro atoms. The van der Waals surface area contributed by atoms with Gasteiger partial charge in [0.05, 0.1) is 0 Å². The Labute approximate surface area is 110 Å². The maximum absolute atomic E-state index is 11.6. The second kappa shape index (κ2) is 5.39. The van der Waals surface area contributed by atoms with Crippen LogP contribution in [0.25, 0.3) is 10.8 Å². The average Bonchev–Trinajstić information content (AvgIpc) is 2.37. The Balaban J connectivity index is 2.12. The SMILES string of the molecule is CN(CC(=O)O)C(=O)Oc1ccc2ccccc2c1. The van der Waals surface area contributed by atoms with Gasteiger partial charge in [-0.1, -0.05) is 30.3 Å². The van der Waals surface area contributed by atoms with E-state index in [0.29, 0.717) is 5.75 Å². The van der Waals surface area contributed by atoms with Gasteiger partial charge in [0.2, 0.25) is 0 Å². The highest BCUT2D eigenvalue weighted by molar-refractivity contribution is 5.85. The van der Waals surface area contributed by atoms with E-state index in [-0.39, 0.29) is 0 Å². The minimum atomic E-state index is -1.09. The molecule has 0 unspecified atom stereocenters. The molecule has 1 amide bonds. The highest BCUT2D eigenvalue weighted by Gasteiger charge is 2.14. The molecular formula is C14H13NO4. The van der Waals surface area contributed by atoms with Gasteiger partial charge in [-0.25, -0.2) is 4.79 Å². The third-order valence-corrected chi connectivity index (χ3v) is 2.61. The molecule has 0 radical (unpaired) electrons. The Kier molecular flexibility index (Phi) is 3.66. The molecular weight excluding hydrogens is 246 g/mol. The van der Waals surface area contributed by atoms with E-state index in [0.717, 1.165) is 15.7 Å². The predicted octanol–water partition coefficient (Wildman–Crippen LogP) is 2.36. The summed E-state index contributed by atoms with van der Waals surface area (Å²) in [5.41, 5.74) is 0. The Morgan fingerprint density at radius 3 is 2.53 bits per heavy atom. The number of carbonyl (C=O) groups is 2. The minimum Gasteiger partial charge on any atom is -0.480 e. The van der Waals surface area contributed by atoms with E-state index in [9.17, 15) is 9.59 Å². The molecule has 0 aliphatic rings. The van der Waals surface area contributed by atoms with Crippen molar-refractivity contribution >= 4 is 22.8 Å². The average molecular weight is 259 g/mol. The zero-order valence-electron chi connectivity index (χ0n) is 10.4. The van der Waals surface area contributed by atoms with Crippen LogP contribution in [0, 0.1) is 0 Å². The molecule has 2 aromatic rings. The first-order valence-corrected chi connectivity index (χ1v) is 5.70. The molecule has 1 N–H and O–H groups in total. The highest BCUT2D eigenvalue weighted by Crippen LogP contribution is 2.20. The number of carboxylic acids is 1. The summed E-state index contributed by atoms with van der Waals surface area (Å²) in [4.78, 5) is 23.1. The predicted molar refractivity (Wildman–Crippen MR) is 70.2 cm³/mol. The van der Waals surface area contributed by atoms with Crippen molar-refractivity contribution in [2.75, 3.05) is 13.6 Å². The van der Waals surface area contributed by atoms with E-state index in [1.165, 1.54) is 7.05 Å². The summed E-state index contributed by atoms with van der Waals surface area (Å²) in [7, 11) is 1.37. The number of ether oxygens (including phenoxy) is 1. The van der Waals surface area contributed by atoms with Crippen LogP contribution in [0.5, 0.6) is 5.75 Å². The van der Waals surface area contributed by atoms with Crippen LogP contribution >= 0.6 is 0 Å². The van der Waals surface area contributed by atoms with E-state index in [1.54, 1.807) is 12.1 Å². The van der Waals surface area contributed by atoms with Gasteiger partial charge in [-0.15, -0.1) is 0 Å².